The third kappa shape index (κ3) is 5.55. The van der Waals surface area contributed by atoms with Gasteiger partial charge in [-0.1, -0.05) is 25.8 Å². The van der Waals surface area contributed by atoms with Crippen LogP contribution >= 0.6 is 0 Å². The zero-order valence-electron chi connectivity index (χ0n) is 16.0. The molecule has 0 radical (unpaired) electrons. The van der Waals surface area contributed by atoms with E-state index >= 15 is 0 Å². The summed E-state index contributed by atoms with van der Waals surface area (Å²) in [5.41, 5.74) is 1.19. The molecule has 1 saturated carbocycles. The second-order valence-corrected chi connectivity index (χ2v) is 7.03. The van der Waals surface area contributed by atoms with Crippen LogP contribution in [0.4, 0.5) is 4.79 Å². The molecule has 0 heterocycles. The maximum atomic E-state index is 12.4. The number of carbonyl (C=O) groups excluding carboxylic acids is 1. The second-order valence-electron chi connectivity index (χ2n) is 7.03. The van der Waals surface area contributed by atoms with E-state index in [1.807, 2.05) is 25.2 Å². The summed E-state index contributed by atoms with van der Waals surface area (Å²) in [6.45, 7) is 2.97. The molecule has 2 atom stereocenters. The lowest BCUT2D eigenvalue weighted by molar-refractivity contribution is 0.191. The number of hydrogen-bond donors (Lipinski definition) is 1. The zero-order chi connectivity index (χ0) is 18.2. The van der Waals surface area contributed by atoms with Gasteiger partial charge in [-0.15, -0.1) is 0 Å². The van der Waals surface area contributed by atoms with E-state index in [1.54, 1.807) is 19.1 Å². The lowest BCUT2D eigenvalue weighted by Gasteiger charge is -2.31. The molecule has 1 aromatic rings. The lowest BCUT2D eigenvalue weighted by Crippen LogP contribution is -2.47. The molecule has 2 amide bonds. The van der Waals surface area contributed by atoms with Crippen molar-refractivity contribution in [2.45, 2.75) is 51.5 Å². The third-order valence-electron chi connectivity index (χ3n) is 5.17. The predicted octanol–water partition coefficient (Wildman–Crippen LogP) is 3.86. The molecular formula is C20H32N2O3. The van der Waals surface area contributed by atoms with Gasteiger partial charge in [0, 0.05) is 19.6 Å². The number of rotatable bonds is 7. The van der Waals surface area contributed by atoms with Crippen molar-refractivity contribution >= 4 is 6.03 Å². The maximum Gasteiger partial charge on any atom is 0.317 e. The van der Waals surface area contributed by atoms with Crippen LogP contribution in [0.25, 0.3) is 0 Å². The minimum absolute atomic E-state index is 0.0473. The Labute approximate surface area is 151 Å². The summed E-state index contributed by atoms with van der Waals surface area (Å²) >= 11 is 0. The van der Waals surface area contributed by atoms with Crippen LogP contribution in [-0.2, 0) is 6.42 Å². The van der Waals surface area contributed by atoms with Crippen molar-refractivity contribution in [3.8, 4) is 11.5 Å². The highest BCUT2D eigenvalue weighted by Gasteiger charge is 2.23. The Bertz CT molecular complexity index is 562. The van der Waals surface area contributed by atoms with E-state index in [2.05, 4.69) is 12.2 Å². The van der Waals surface area contributed by atoms with Crippen LogP contribution in [-0.4, -0.2) is 44.8 Å². The standard InChI is InChI=1S/C20H32N2O3/c1-15-8-5-6-10-17(15)21-20(23)22(2)13-7-9-16-11-12-18(24-3)19(14-16)25-4/h11-12,14-15,17H,5-10,13H2,1-4H3,(H,21,23)/t15-,17+/m1/s1. The summed E-state index contributed by atoms with van der Waals surface area (Å²) in [5, 5.41) is 3.20. The predicted molar refractivity (Wildman–Crippen MR) is 100 cm³/mol. The molecule has 1 aromatic carbocycles. The molecule has 140 valence electrons. The molecule has 5 heteroatoms. The van der Waals surface area contributed by atoms with Gasteiger partial charge in [-0.2, -0.15) is 0 Å². The third-order valence-corrected chi connectivity index (χ3v) is 5.17. The average molecular weight is 348 g/mol. The Morgan fingerprint density at radius 3 is 2.60 bits per heavy atom. The van der Waals surface area contributed by atoms with Gasteiger partial charge < -0.3 is 19.7 Å². The quantitative estimate of drug-likeness (QED) is 0.814. The van der Waals surface area contributed by atoms with Gasteiger partial charge in [0.25, 0.3) is 0 Å². The largest absolute Gasteiger partial charge is 0.493 e. The topological polar surface area (TPSA) is 50.8 Å². The van der Waals surface area contributed by atoms with Crippen LogP contribution in [0.5, 0.6) is 11.5 Å². The maximum absolute atomic E-state index is 12.4. The van der Waals surface area contributed by atoms with Crippen LogP contribution in [0.2, 0.25) is 0 Å². The summed E-state index contributed by atoms with van der Waals surface area (Å²) < 4.78 is 10.6. The minimum Gasteiger partial charge on any atom is -0.493 e. The smallest absolute Gasteiger partial charge is 0.317 e. The number of ether oxygens (including phenoxy) is 2. The van der Waals surface area contributed by atoms with Crippen molar-refractivity contribution in [1.82, 2.24) is 10.2 Å². The summed E-state index contributed by atoms with van der Waals surface area (Å²) in [6, 6.07) is 6.35. The van der Waals surface area contributed by atoms with Gasteiger partial charge in [0.1, 0.15) is 0 Å². The fourth-order valence-corrected chi connectivity index (χ4v) is 3.46. The van der Waals surface area contributed by atoms with Crippen molar-refractivity contribution in [2.75, 3.05) is 27.8 Å². The second kappa shape index (κ2) is 9.54. The Morgan fingerprint density at radius 2 is 1.92 bits per heavy atom. The van der Waals surface area contributed by atoms with E-state index in [0.29, 0.717) is 12.0 Å². The number of nitrogens with one attached hydrogen (secondary N) is 1. The van der Waals surface area contributed by atoms with Gasteiger partial charge in [-0.3, -0.25) is 0 Å². The highest BCUT2D eigenvalue weighted by atomic mass is 16.5. The molecule has 25 heavy (non-hydrogen) atoms. The molecular weight excluding hydrogens is 316 g/mol. The van der Waals surface area contributed by atoms with Gasteiger partial charge in [0.05, 0.1) is 14.2 Å². The summed E-state index contributed by atoms with van der Waals surface area (Å²) in [7, 11) is 5.15. The van der Waals surface area contributed by atoms with Crippen LogP contribution in [0, 0.1) is 5.92 Å². The highest BCUT2D eigenvalue weighted by Crippen LogP contribution is 2.28. The first-order valence-corrected chi connectivity index (χ1v) is 9.27. The Morgan fingerprint density at radius 1 is 1.20 bits per heavy atom. The molecule has 1 N–H and O–H groups in total. The molecule has 1 aliphatic carbocycles. The van der Waals surface area contributed by atoms with Crippen LogP contribution in [0.15, 0.2) is 18.2 Å². The molecule has 0 aromatic heterocycles. The van der Waals surface area contributed by atoms with E-state index in [4.69, 9.17) is 9.47 Å². The molecule has 0 aliphatic heterocycles. The van der Waals surface area contributed by atoms with Gasteiger partial charge in [-0.25, -0.2) is 4.79 Å². The first-order valence-electron chi connectivity index (χ1n) is 9.27. The average Bonchev–Trinajstić information content (AvgIpc) is 2.63. The van der Waals surface area contributed by atoms with Crippen LogP contribution in [0.3, 0.4) is 0 Å². The van der Waals surface area contributed by atoms with Gasteiger partial charge in [-0.05, 0) is 49.3 Å². The first-order chi connectivity index (χ1) is 12.0. The zero-order valence-corrected chi connectivity index (χ0v) is 16.0. The number of nitrogens with zero attached hydrogens (tertiary/aromatic N) is 1. The van der Waals surface area contributed by atoms with Crippen molar-refractivity contribution in [3.05, 3.63) is 23.8 Å². The number of amides is 2. The molecule has 2 rings (SSSR count). The van der Waals surface area contributed by atoms with E-state index in [0.717, 1.165) is 37.3 Å². The summed E-state index contributed by atoms with van der Waals surface area (Å²) in [5.74, 6) is 2.07. The molecule has 0 bridgehead atoms. The van der Waals surface area contributed by atoms with Gasteiger partial charge in [0.2, 0.25) is 0 Å². The van der Waals surface area contributed by atoms with Crippen LogP contribution < -0.4 is 14.8 Å². The van der Waals surface area contributed by atoms with E-state index in [9.17, 15) is 4.79 Å². The van der Waals surface area contributed by atoms with Crippen molar-refractivity contribution in [1.29, 1.82) is 0 Å². The number of carbonyl (C=O) groups is 1. The Hall–Kier alpha value is -1.91. The SMILES string of the molecule is COc1ccc(CCCN(C)C(=O)N[C@H]2CCCC[C@H]2C)cc1OC. The monoisotopic (exact) mass is 348 g/mol. The molecule has 0 saturated heterocycles. The minimum atomic E-state index is 0.0473. The van der Waals surface area contributed by atoms with Crippen molar-refractivity contribution in [2.24, 2.45) is 5.92 Å². The Balaban J connectivity index is 1.77. The van der Waals surface area contributed by atoms with E-state index < -0.39 is 0 Å². The number of methoxy groups -OCH3 is 2. The van der Waals surface area contributed by atoms with Crippen molar-refractivity contribution < 1.29 is 14.3 Å². The first kappa shape index (κ1) is 19.4. The molecule has 1 aliphatic rings. The summed E-state index contributed by atoms with van der Waals surface area (Å²) in [6.07, 6.45) is 6.64. The van der Waals surface area contributed by atoms with E-state index in [1.165, 1.54) is 24.8 Å². The Kier molecular flexibility index (Phi) is 7.41. The fraction of sp³-hybridized carbons (Fsp3) is 0.650. The number of hydrogen-bond acceptors (Lipinski definition) is 3. The number of benzene rings is 1. The number of aryl methyl sites for hydroxylation is 1. The highest BCUT2D eigenvalue weighted by molar-refractivity contribution is 5.74. The normalized spacial score (nSPS) is 20.0. The van der Waals surface area contributed by atoms with Crippen LogP contribution in [0.1, 0.15) is 44.6 Å². The van der Waals surface area contributed by atoms with E-state index in [-0.39, 0.29) is 6.03 Å². The summed E-state index contributed by atoms with van der Waals surface area (Å²) in [4.78, 5) is 14.2. The van der Waals surface area contributed by atoms with Gasteiger partial charge in [0.15, 0.2) is 11.5 Å². The molecule has 0 unspecified atom stereocenters. The molecule has 5 nitrogen and oxygen atoms in total. The lowest BCUT2D eigenvalue weighted by atomic mass is 9.86. The molecule has 0 spiro atoms. The van der Waals surface area contributed by atoms with Gasteiger partial charge >= 0.3 is 6.03 Å². The van der Waals surface area contributed by atoms with Crippen molar-refractivity contribution in [3.63, 3.8) is 0 Å². The number of urea groups is 1. The molecule has 1 fully saturated rings. The fourth-order valence-electron chi connectivity index (χ4n) is 3.46.